The van der Waals surface area contributed by atoms with E-state index in [-0.39, 0.29) is 10.1 Å². The van der Waals surface area contributed by atoms with Gasteiger partial charge in [-0.3, -0.25) is 4.79 Å². The Hall–Kier alpha value is -0.880. The molecule has 2 aliphatic rings. The fourth-order valence-electron chi connectivity index (χ4n) is 3.66. The molecular formula is C14H18O4S2. The molecule has 3 rings (SSSR count). The molecule has 0 amide bonds. The van der Waals surface area contributed by atoms with Crippen molar-refractivity contribution in [1.29, 1.82) is 0 Å². The van der Waals surface area contributed by atoms with Gasteiger partial charge in [0.2, 0.25) is 0 Å². The third kappa shape index (κ3) is 2.09. The minimum Gasteiger partial charge on any atom is -0.481 e. The second kappa shape index (κ2) is 4.56. The molecule has 0 spiro atoms. The third-order valence-electron chi connectivity index (χ3n) is 4.82. The largest absolute Gasteiger partial charge is 0.481 e. The minimum absolute atomic E-state index is 0.185. The van der Waals surface area contributed by atoms with Crippen LogP contribution in [0, 0.1) is 11.8 Å². The molecule has 0 bridgehead atoms. The smallest absolute Gasteiger partial charge is 0.314 e. The summed E-state index contributed by atoms with van der Waals surface area (Å²) in [5.74, 6) is -0.121. The second-order valence-electron chi connectivity index (χ2n) is 6.06. The number of carboxylic acids is 1. The number of carboxylic acid groups (broad SMARTS) is 1. The van der Waals surface area contributed by atoms with Gasteiger partial charge < -0.3 is 5.11 Å². The van der Waals surface area contributed by atoms with E-state index in [9.17, 15) is 18.3 Å². The molecule has 20 heavy (non-hydrogen) atoms. The summed E-state index contributed by atoms with van der Waals surface area (Å²) in [5, 5.41) is 11.4. The molecule has 0 aromatic carbocycles. The summed E-state index contributed by atoms with van der Waals surface area (Å²) in [6, 6.07) is 1.57. The molecule has 0 saturated heterocycles. The molecule has 2 saturated carbocycles. The Kier molecular flexibility index (Phi) is 3.21. The predicted octanol–water partition coefficient (Wildman–Crippen LogP) is 2.68. The van der Waals surface area contributed by atoms with E-state index in [1.165, 1.54) is 12.8 Å². The van der Waals surface area contributed by atoms with Gasteiger partial charge in [0.1, 0.15) is 4.21 Å². The van der Waals surface area contributed by atoms with Crippen molar-refractivity contribution in [3.05, 3.63) is 17.0 Å². The van der Waals surface area contributed by atoms with Gasteiger partial charge in [0.05, 0.1) is 5.41 Å². The van der Waals surface area contributed by atoms with Gasteiger partial charge in [0.15, 0.2) is 9.84 Å². The summed E-state index contributed by atoms with van der Waals surface area (Å²) in [5.41, 5.74) is -0.138. The summed E-state index contributed by atoms with van der Waals surface area (Å²) in [6.07, 6.45) is 6.43. The van der Waals surface area contributed by atoms with E-state index in [1.807, 2.05) is 0 Å². The Balaban J connectivity index is 1.93. The summed E-state index contributed by atoms with van der Waals surface area (Å²) in [7, 11) is -3.25. The molecular weight excluding hydrogens is 296 g/mol. The molecule has 1 heterocycles. The van der Waals surface area contributed by atoms with Gasteiger partial charge in [-0.25, -0.2) is 8.42 Å². The van der Waals surface area contributed by atoms with Crippen LogP contribution in [-0.2, 0) is 20.0 Å². The van der Waals surface area contributed by atoms with Crippen molar-refractivity contribution in [3.8, 4) is 0 Å². The number of hydrogen-bond donors (Lipinski definition) is 1. The van der Waals surface area contributed by atoms with E-state index in [2.05, 4.69) is 0 Å². The lowest BCUT2D eigenvalue weighted by molar-refractivity contribution is -0.140. The van der Waals surface area contributed by atoms with Crippen LogP contribution in [0.25, 0.3) is 0 Å². The van der Waals surface area contributed by atoms with Crippen molar-refractivity contribution in [3.63, 3.8) is 0 Å². The maximum Gasteiger partial charge on any atom is 0.314 e. The van der Waals surface area contributed by atoms with E-state index in [4.69, 9.17) is 0 Å². The Morgan fingerprint density at radius 2 is 2.05 bits per heavy atom. The Labute approximate surface area is 122 Å². The van der Waals surface area contributed by atoms with Crippen molar-refractivity contribution in [2.45, 2.75) is 41.7 Å². The van der Waals surface area contributed by atoms with Crippen LogP contribution in [0.5, 0.6) is 0 Å². The zero-order valence-electron chi connectivity index (χ0n) is 11.3. The van der Waals surface area contributed by atoms with Gasteiger partial charge in [-0.15, -0.1) is 11.3 Å². The quantitative estimate of drug-likeness (QED) is 0.927. The molecule has 2 aliphatic carbocycles. The molecule has 1 N–H and O–H groups in total. The number of carbonyl (C=O) groups is 1. The highest BCUT2D eigenvalue weighted by Gasteiger charge is 2.64. The van der Waals surface area contributed by atoms with Crippen LogP contribution in [0.1, 0.15) is 37.7 Å². The van der Waals surface area contributed by atoms with Crippen molar-refractivity contribution in [2.75, 3.05) is 6.26 Å². The Morgan fingerprint density at radius 3 is 2.55 bits per heavy atom. The Morgan fingerprint density at radius 1 is 1.40 bits per heavy atom. The Bertz CT molecular complexity index is 640. The van der Waals surface area contributed by atoms with Crippen LogP contribution < -0.4 is 0 Å². The minimum atomic E-state index is -3.25. The lowest BCUT2D eigenvalue weighted by Gasteiger charge is -2.15. The predicted molar refractivity (Wildman–Crippen MR) is 76.8 cm³/mol. The first-order valence-electron chi connectivity index (χ1n) is 6.88. The molecule has 0 aliphatic heterocycles. The van der Waals surface area contributed by atoms with Crippen LogP contribution in [0.2, 0.25) is 0 Å². The van der Waals surface area contributed by atoms with Crippen LogP contribution in [0.4, 0.5) is 0 Å². The van der Waals surface area contributed by atoms with E-state index in [0.717, 1.165) is 30.4 Å². The molecule has 110 valence electrons. The van der Waals surface area contributed by atoms with Crippen molar-refractivity contribution < 1.29 is 18.3 Å². The molecule has 0 radical (unpaired) electrons. The monoisotopic (exact) mass is 314 g/mol. The van der Waals surface area contributed by atoms with Crippen molar-refractivity contribution >= 4 is 27.1 Å². The van der Waals surface area contributed by atoms with E-state index < -0.39 is 21.2 Å². The zero-order chi connectivity index (χ0) is 14.5. The maximum atomic E-state index is 11.8. The third-order valence-corrected chi connectivity index (χ3v) is 7.59. The van der Waals surface area contributed by atoms with Gasteiger partial charge in [0.25, 0.3) is 0 Å². The van der Waals surface area contributed by atoms with E-state index in [0.29, 0.717) is 17.9 Å². The zero-order valence-corrected chi connectivity index (χ0v) is 13.0. The highest BCUT2D eigenvalue weighted by Crippen LogP contribution is 2.61. The average molecular weight is 314 g/mol. The van der Waals surface area contributed by atoms with Gasteiger partial charge >= 0.3 is 5.97 Å². The van der Waals surface area contributed by atoms with Gasteiger partial charge in [0, 0.05) is 6.26 Å². The molecule has 1 aromatic heterocycles. The molecule has 1 aromatic rings. The van der Waals surface area contributed by atoms with Crippen LogP contribution in [0.15, 0.2) is 15.7 Å². The second-order valence-corrected chi connectivity index (χ2v) is 9.21. The first-order valence-corrected chi connectivity index (χ1v) is 9.65. The van der Waals surface area contributed by atoms with Gasteiger partial charge in [-0.1, -0.05) is 25.7 Å². The lowest BCUT2D eigenvalue weighted by atomic mass is 9.89. The lowest BCUT2D eigenvalue weighted by Crippen LogP contribution is -2.24. The highest BCUT2D eigenvalue weighted by atomic mass is 32.2. The van der Waals surface area contributed by atoms with Gasteiger partial charge in [-0.05, 0) is 35.3 Å². The standard InChI is InChI=1S/C14H18O4S2/c1-20(17,18)12-6-10(8-19-12)14(13(15)16)7-11(14)9-4-2-3-5-9/h6,8-9,11H,2-5,7H2,1H3,(H,15,16). The first-order chi connectivity index (χ1) is 9.35. The molecule has 2 unspecified atom stereocenters. The summed E-state index contributed by atoms with van der Waals surface area (Å²) < 4.78 is 23.4. The topological polar surface area (TPSA) is 71.4 Å². The fraction of sp³-hybridized carbons (Fsp3) is 0.643. The number of sulfone groups is 1. The maximum absolute atomic E-state index is 11.8. The first kappa shape index (κ1) is 14.1. The number of hydrogen-bond acceptors (Lipinski definition) is 4. The molecule has 6 heteroatoms. The molecule has 2 atom stereocenters. The summed E-state index contributed by atoms with van der Waals surface area (Å²) in [6.45, 7) is 0. The van der Waals surface area contributed by atoms with Crippen molar-refractivity contribution in [2.24, 2.45) is 11.8 Å². The normalized spacial score (nSPS) is 30.6. The van der Waals surface area contributed by atoms with Crippen LogP contribution in [0.3, 0.4) is 0 Å². The highest BCUT2D eigenvalue weighted by molar-refractivity contribution is 7.92. The summed E-state index contributed by atoms with van der Waals surface area (Å²) >= 11 is 1.13. The van der Waals surface area contributed by atoms with Crippen LogP contribution in [-0.4, -0.2) is 25.7 Å². The molecule has 2 fully saturated rings. The van der Waals surface area contributed by atoms with E-state index in [1.54, 1.807) is 11.4 Å². The average Bonchev–Trinajstić information content (AvgIpc) is 2.82. The van der Waals surface area contributed by atoms with Crippen molar-refractivity contribution in [1.82, 2.24) is 0 Å². The number of aliphatic carboxylic acids is 1. The number of rotatable bonds is 4. The van der Waals surface area contributed by atoms with Gasteiger partial charge in [-0.2, -0.15) is 0 Å². The SMILES string of the molecule is CS(=O)(=O)c1cc(C2(C(=O)O)CC2C2CCCC2)cs1. The van der Waals surface area contributed by atoms with Crippen LogP contribution >= 0.6 is 11.3 Å². The number of thiophene rings is 1. The summed E-state index contributed by atoms with van der Waals surface area (Å²) in [4.78, 5) is 11.8. The van der Waals surface area contributed by atoms with E-state index >= 15 is 0 Å². The molecule has 4 nitrogen and oxygen atoms in total. The fourth-order valence-corrected chi connectivity index (χ4v) is 5.56.